The number of carbonyl (C=O) groups excluding carboxylic acids is 1. The van der Waals surface area contributed by atoms with Gasteiger partial charge in [0.05, 0.1) is 24.6 Å². The number of hydrogen-bond donors (Lipinski definition) is 1. The van der Waals surface area contributed by atoms with Gasteiger partial charge in [-0.2, -0.15) is 10.1 Å². The summed E-state index contributed by atoms with van der Waals surface area (Å²) in [6.07, 6.45) is 3.16. The van der Waals surface area contributed by atoms with Crippen molar-refractivity contribution in [2.45, 2.75) is 20.4 Å². The molecular formula is C21H20N6O3. The van der Waals surface area contributed by atoms with Gasteiger partial charge in [0.1, 0.15) is 5.75 Å². The first kappa shape index (κ1) is 19.3. The lowest BCUT2D eigenvalue weighted by Gasteiger charge is -2.09. The lowest BCUT2D eigenvalue weighted by molar-refractivity contribution is 0.0950. The minimum atomic E-state index is -0.228. The highest BCUT2D eigenvalue weighted by atomic mass is 16.5. The molecular weight excluding hydrogens is 384 g/mol. The number of rotatable bonds is 6. The number of hydrogen-bond acceptors (Lipinski definition) is 7. The number of aromatic nitrogens is 5. The average molecular weight is 404 g/mol. The Hall–Kier alpha value is -4.01. The number of methoxy groups -OCH3 is 1. The summed E-state index contributed by atoms with van der Waals surface area (Å²) >= 11 is 0. The molecule has 0 aliphatic rings. The predicted molar refractivity (Wildman–Crippen MR) is 108 cm³/mol. The number of nitrogens with one attached hydrogen (secondary N) is 1. The molecule has 3 heterocycles. The fourth-order valence-corrected chi connectivity index (χ4v) is 3.06. The molecule has 152 valence electrons. The standard InChI is InChI=1S/C21H20N6O3/c1-13-17(20(28)23-11-16-6-4-5-7-18(16)29-3)12-24-27(13)19-10-15(8-9-22-19)21-25-14(2)26-30-21/h4-10,12H,11H2,1-3H3,(H,23,28). The molecule has 0 bridgehead atoms. The third-order valence-electron chi connectivity index (χ3n) is 4.62. The normalized spacial score (nSPS) is 10.8. The summed E-state index contributed by atoms with van der Waals surface area (Å²) in [6, 6.07) is 11.1. The van der Waals surface area contributed by atoms with Gasteiger partial charge in [-0.3, -0.25) is 4.79 Å². The first-order valence-corrected chi connectivity index (χ1v) is 9.28. The molecule has 9 heteroatoms. The zero-order valence-electron chi connectivity index (χ0n) is 16.8. The summed E-state index contributed by atoms with van der Waals surface area (Å²) in [5, 5.41) is 11.1. The average Bonchev–Trinajstić information content (AvgIpc) is 3.38. The van der Waals surface area contributed by atoms with Gasteiger partial charge >= 0.3 is 0 Å². The third-order valence-corrected chi connectivity index (χ3v) is 4.62. The van der Waals surface area contributed by atoms with Gasteiger partial charge in [-0.15, -0.1) is 0 Å². The molecule has 0 radical (unpaired) electrons. The number of benzene rings is 1. The number of amides is 1. The molecule has 0 unspecified atom stereocenters. The van der Waals surface area contributed by atoms with Gasteiger partial charge in [0.15, 0.2) is 11.6 Å². The zero-order chi connectivity index (χ0) is 21.1. The SMILES string of the molecule is COc1ccccc1CNC(=O)c1cnn(-c2cc(-c3nc(C)no3)ccn2)c1C. The Kier molecular flexibility index (Phi) is 5.25. The molecule has 4 rings (SSSR count). The van der Waals surface area contributed by atoms with Crippen molar-refractivity contribution in [2.24, 2.45) is 0 Å². The van der Waals surface area contributed by atoms with Crippen LogP contribution in [0.15, 0.2) is 53.3 Å². The summed E-state index contributed by atoms with van der Waals surface area (Å²) in [7, 11) is 1.60. The van der Waals surface area contributed by atoms with Crippen LogP contribution in [0.1, 0.15) is 27.4 Å². The Morgan fingerprint density at radius 1 is 1.23 bits per heavy atom. The van der Waals surface area contributed by atoms with Crippen LogP contribution >= 0.6 is 0 Å². The Balaban J connectivity index is 1.54. The minimum absolute atomic E-state index is 0.228. The maximum atomic E-state index is 12.7. The monoisotopic (exact) mass is 404 g/mol. The molecule has 3 aromatic heterocycles. The summed E-state index contributed by atoms with van der Waals surface area (Å²) < 4.78 is 12.1. The Bertz CT molecular complexity index is 1200. The van der Waals surface area contributed by atoms with E-state index in [4.69, 9.17) is 9.26 Å². The van der Waals surface area contributed by atoms with Gasteiger partial charge in [0, 0.05) is 23.9 Å². The van der Waals surface area contributed by atoms with E-state index in [-0.39, 0.29) is 5.91 Å². The Morgan fingerprint density at radius 3 is 2.83 bits per heavy atom. The van der Waals surface area contributed by atoms with E-state index in [1.54, 1.807) is 37.0 Å². The van der Waals surface area contributed by atoms with Gasteiger partial charge in [-0.1, -0.05) is 23.4 Å². The van der Waals surface area contributed by atoms with E-state index in [9.17, 15) is 4.79 Å². The van der Waals surface area contributed by atoms with E-state index in [1.165, 1.54) is 6.20 Å². The molecule has 0 spiro atoms. The number of nitrogens with zero attached hydrogens (tertiary/aromatic N) is 5. The van der Waals surface area contributed by atoms with Gasteiger partial charge in [0.25, 0.3) is 11.8 Å². The molecule has 9 nitrogen and oxygen atoms in total. The second-order valence-electron chi connectivity index (χ2n) is 6.60. The second kappa shape index (κ2) is 8.16. The van der Waals surface area contributed by atoms with E-state index in [2.05, 4.69) is 25.5 Å². The number of ether oxygens (including phenoxy) is 1. The van der Waals surface area contributed by atoms with Crippen LogP contribution in [0.5, 0.6) is 5.75 Å². The first-order chi connectivity index (χ1) is 14.6. The van der Waals surface area contributed by atoms with Crippen molar-refractivity contribution in [2.75, 3.05) is 7.11 Å². The number of para-hydroxylation sites is 1. The summed E-state index contributed by atoms with van der Waals surface area (Å²) in [4.78, 5) is 21.3. The second-order valence-corrected chi connectivity index (χ2v) is 6.60. The van der Waals surface area contributed by atoms with Crippen molar-refractivity contribution in [3.63, 3.8) is 0 Å². The molecule has 30 heavy (non-hydrogen) atoms. The topological polar surface area (TPSA) is 108 Å². The Labute approximate surface area is 172 Å². The molecule has 4 aromatic rings. The lowest BCUT2D eigenvalue weighted by Crippen LogP contribution is -2.23. The molecule has 1 N–H and O–H groups in total. The number of carbonyl (C=O) groups is 1. The van der Waals surface area contributed by atoms with E-state index in [0.29, 0.717) is 35.3 Å². The van der Waals surface area contributed by atoms with E-state index < -0.39 is 0 Å². The maximum absolute atomic E-state index is 12.7. The van der Waals surface area contributed by atoms with Crippen molar-refractivity contribution < 1.29 is 14.1 Å². The number of aryl methyl sites for hydroxylation is 1. The zero-order valence-corrected chi connectivity index (χ0v) is 16.8. The lowest BCUT2D eigenvalue weighted by atomic mass is 10.2. The summed E-state index contributed by atoms with van der Waals surface area (Å²) in [5.41, 5.74) is 2.74. The first-order valence-electron chi connectivity index (χ1n) is 9.28. The van der Waals surface area contributed by atoms with Gasteiger partial charge < -0.3 is 14.6 Å². The van der Waals surface area contributed by atoms with E-state index >= 15 is 0 Å². The molecule has 1 amide bonds. The van der Waals surface area contributed by atoms with Crippen LogP contribution in [-0.4, -0.2) is 37.9 Å². The van der Waals surface area contributed by atoms with E-state index in [0.717, 1.165) is 16.9 Å². The summed E-state index contributed by atoms with van der Waals surface area (Å²) in [6.45, 7) is 3.91. The maximum Gasteiger partial charge on any atom is 0.258 e. The molecule has 0 atom stereocenters. The number of pyridine rings is 1. The van der Waals surface area contributed by atoms with Crippen LogP contribution in [0.2, 0.25) is 0 Å². The Morgan fingerprint density at radius 2 is 2.07 bits per heavy atom. The highest BCUT2D eigenvalue weighted by Gasteiger charge is 2.17. The summed E-state index contributed by atoms with van der Waals surface area (Å²) in [5.74, 6) is 1.99. The highest BCUT2D eigenvalue weighted by Crippen LogP contribution is 2.21. The van der Waals surface area contributed by atoms with Crippen molar-refractivity contribution in [3.8, 4) is 23.0 Å². The minimum Gasteiger partial charge on any atom is -0.496 e. The largest absolute Gasteiger partial charge is 0.496 e. The molecule has 0 aliphatic heterocycles. The van der Waals surface area contributed by atoms with Crippen molar-refractivity contribution in [3.05, 3.63) is 71.4 Å². The fourth-order valence-electron chi connectivity index (χ4n) is 3.06. The van der Waals surface area contributed by atoms with Crippen LogP contribution in [0.4, 0.5) is 0 Å². The van der Waals surface area contributed by atoms with Crippen LogP contribution < -0.4 is 10.1 Å². The van der Waals surface area contributed by atoms with Crippen LogP contribution in [0.3, 0.4) is 0 Å². The quantitative estimate of drug-likeness (QED) is 0.526. The molecule has 0 fully saturated rings. The third kappa shape index (κ3) is 3.77. The molecule has 0 aliphatic carbocycles. The molecule has 0 saturated heterocycles. The van der Waals surface area contributed by atoms with Gasteiger partial charge in [-0.25, -0.2) is 9.67 Å². The van der Waals surface area contributed by atoms with Crippen LogP contribution in [-0.2, 0) is 6.54 Å². The van der Waals surface area contributed by atoms with Gasteiger partial charge in [-0.05, 0) is 32.0 Å². The van der Waals surface area contributed by atoms with E-state index in [1.807, 2.05) is 31.2 Å². The molecule has 1 aromatic carbocycles. The van der Waals surface area contributed by atoms with Gasteiger partial charge in [0.2, 0.25) is 0 Å². The van der Waals surface area contributed by atoms with Crippen LogP contribution in [0, 0.1) is 13.8 Å². The van der Waals surface area contributed by atoms with Crippen molar-refractivity contribution in [1.82, 2.24) is 30.2 Å². The highest BCUT2D eigenvalue weighted by molar-refractivity contribution is 5.95. The fraction of sp³-hybridized carbons (Fsp3) is 0.190. The van der Waals surface area contributed by atoms with Crippen molar-refractivity contribution in [1.29, 1.82) is 0 Å². The van der Waals surface area contributed by atoms with Crippen LogP contribution in [0.25, 0.3) is 17.3 Å². The van der Waals surface area contributed by atoms with Crippen molar-refractivity contribution >= 4 is 5.91 Å². The molecule has 0 saturated carbocycles. The smallest absolute Gasteiger partial charge is 0.258 e. The predicted octanol–water partition coefficient (Wildman–Crippen LogP) is 2.87.